The molecule has 6 heteroatoms. The third-order valence-corrected chi connectivity index (χ3v) is 2.05. The molecule has 0 bridgehead atoms. The van der Waals surface area contributed by atoms with Gasteiger partial charge in [0.2, 0.25) is 0 Å². The van der Waals surface area contributed by atoms with E-state index in [0.717, 1.165) is 0 Å². The summed E-state index contributed by atoms with van der Waals surface area (Å²) in [6.45, 7) is 7.23. The first-order chi connectivity index (χ1) is 9.33. The zero-order chi connectivity index (χ0) is 15.3. The number of carbonyl (C=O) groups excluding carboxylic acids is 3. The average molecular weight is 278 g/mol. The fourth-order valence-electron chi connectivity index (χ4n) is 1.48. The van der Waals surface area contributed by atoms with Crippen LogP contribution in [0.15, 0.2) is 18.7 Å². The van der Waals surface area contributed by atoms with Gasteiger partial charge in [0.1, 0.15) is 17.2 Å². The van der Waals surface area contributed by atoms with Crippen LogP contribution in [0.2, 0.25) is 0 Å². The molecule has 1 rings (SSSR count). The van der Waals surface area contributed by atoms with E-state index in [1.54, 1.807) is 0 Å². The molecule has 0 saturated carbocycles. The lowest BCUT2D eigenvalue weighted by atomic mass is 10.1. The Morgan fingerprint density at radius 1 is 0.900 bits per heavy atom. The Labute approximate surface area is 115 Å². The summed E-state index contributed by atoms with van der Waals surface area (Å²) in [5.41, 5.74) is 0.311. The number of ether oxygens (including phenoxy) is 3. The number of hydrogen-bond donors (Lipinski definition) is 0. The van der Waals surface area contributed by atoms with Crippen molar-refractivity contribution >= 4 is 24.0 Å². The van der Waals surface area contributed by atoms with Gasteiger partial charge in [0.25, 0.3) is 0 Å². The predicted molar refractivity (Wildman–Crippen MR) is 70.5 cm³/mol. The first-order valence-electron chi connectivity index (χ1n) is 5.69. The average Bonchev–Trinajstić information content (AvgIpc) is 2.26. The van der Waals surface area contributed by atoms with Gasteiger partial charge in [-0.1, -0.05) is 12.7 Å². The largest absolute Gasteiger partial charge is 0.426 e. The van der Waals surface area contributed by atoms with Crippen molar-refractivity contribution in [2.45, 2.75) is 20.8 Å². The minimum atomic E-state index is -0.568. The summed E-state index contributed by atoms with van der Waals surface area (Å²) in [6, 6.07) is 2.68. The Hall–Kier alpha value is -2.63. The van der Waals surface area contributed by atoms with E-state index < -0.39 is 17.9 Å². The summed E-state index contributed by atoms with van der Waals surface area (Å²) >= 11 is 0. The van der Waals surface area contributed by atoms with Crippen molar-refractivity contribution in [1.29, 1.82) is 0 Å². The molecular formula is C14H14O6. The van der Waals surface area contributed by atoms with Crippen LogP contribution in [-0.2, 0) is 14.4 Å². The summed E-state index contributed by atoms with van der Waals surface area (Å²) in [4.78, 5) is 33.1. The van der Waals surface area contributed by atoms with Crippen molar-refractivity contribution in [2.24, 2.45) is 0 Å². The van der Waals surface area contributed by atoms with E-state index in [9.17, 15) is 14.4 Å². The van der Waals surface area contributed by atoms with Crippen LogP contribution >= 0.6 is 0 Å². The third-order valence-electron chi connectivity index (χ3n) is 2.05. The van der Waals surface area contributed by atoms with Crippen LogP contribution in [-0.4, -0.2) is 17.9 Å². The van der Waals surface area contributed by atoms with Crippen molar-refractivity contribution in [3.05, 3.63) is 24.3 Å². The van der Waals surface area contributed by atoms with Gasteiger partial charge < -0.3 is 14.2 Å². The number of rotatable bonds is 4. The molecule has 0 aromatic heterocycles. The summed E-state index contributed by atoms with van der Waals surface area (Å²) in [5, 5.41) is 0. The highest BCUT2D eigenvalue weighted by molar-refractivity contribution is 5.78. The molecule has 0 aliphatic rings. The van der Waals surface area contributed by atoms with Gasteiger partial charge in [0, 0.05) is 32.9 Å². The monoisotopic (exact) mass is 278 g/mol. The van der Waals surface area contributed by atoms with Crippen LogP contribution < -0.4 is 14.2 Å². The Morgan fingerprint density at radius 3 is 1.60 bits per heavy atom. The standard InChI is InChI=1S/C14H14O6/c1-5-12-13(19-9(3)16)6-11(18-8(2)15)7-14(12)20-10(4)17/h5-7H,1H2,2-4H3. The topological polar surface area (TPSA) is 78.9 Å². The van der Waals surface area contributed by atoms with E-state index in [1.165, 1.54) is 39.0 Å². The second-order valence-corrected chi connectivity index (χ2v) is 3.82. The maximum atomic E-state index is 11.1. The van der Waals surface area contributed by atoms with Crippen molar-refractivity contribution in [3.63, 3.8) is 0 Å². The number of esters is 3. The highest BCUT2D eigenvalue weighted by atomic mass is 16.6. The zero-order valence-corrected chi connectivity index (χ0v) is 11.4. The minimum Gasteiger partial charge on any atom is -0.426 e. The lowest BCUT2D eigenvalue weighted by molar-refractivity contribution is -0.132. The van der Waals surface area contributed by atoms with E-state index in [0.29, 0.717) is 5.56 Å². The number of hydrogen-bond acceptors (Lipinski definition) is 6. The zero-order valence-electron chi connectivity index (χ0n) is 11.4. The highest BCUT2D eigenvalue weighted by Crippen LogP contribution is 2.35. The molecule has 20 heavy (non-hydrogen) atoms. The van der Waals surface area contributed by atoms with Crippen molar-refractivity contribution in [1.82, 2.24) is 0 Å². The van der Waals surface area contributed by atoms with Gasteiger partial charge in [-0.25, -0.2) is 0 Å². The fourth-order valence-corrected chi connectivity index (χ4v) is 1.48. The summed E-state index contributed by atoms with van der Waals surface area (Å²) in [5.74, 6) is -1.43. The quantitative estimate of drug-likeness (QED) is 0.620. The van der Waals surface area contributed by atoms with Crippen LogP contribution in [0, 0.1) is 0 Å². The molecule has 0 amide bonds. The van der Waals surface area contributed by atoms with E-state index in [4.69, 9.17) is 14.2 Å². The van der Waals surface area contributed by atoms with Crippen LogP contribution in [0.25, 0.3) is 6.08 Å². The maximum absolute atomic E-state index is 11.1. The van der Waals surface area contributed by atoms with Crippen LogP contribution in [0.3, 0.4) is 0 Å². The van der Waals surface area contributed by atoms with Gasteiger partial charge in [-0.15, -0.1) is 0 Å². The Bertz CT molecular complexity index is 536. The summed E-state index contributed by atoms with van der Waals surface area (Å²) in [7, 11) is 0. The molecular weight excluding hydrogens is 264 g/mol. The van der Waals surface area contributed by atoms with Gasteiger partial charge in [-0.05, 0) is 0 Å². The number of carbonyl (C=O) groups is 3. The van der Waals surface area contributed by atoms with Gasteiger partial charge in [0.15, 0.2) is 0 Å². The fraction of sp³-hybridized carbons (Fsp3) is 0.214. The van der Waals surface area contributed by atoms with Gasteiger partial charge in [-0.2, -0.15) is 0 Å². The molecule has 0 fully saturated rings. The summed E-state index contributed by atoms with van der Waals surface area (Å²) < 4.78 is 14.9. The molecule has 0 spiro atoms. The SMILES string of the molecule is C=Cc1c(OC(C)=O)cc(OC(C)=O)cc1OC(C)=O. The second kappa shape index (κ2) is 6.51. The van der Waals surface area contributed by atoms with Crippen molar-refractivity contribution in [3.8, 4) is 17.2 Å². The molecule has 1 aromatic rings. The maximum Gasteiger partial charge on any atom is 0.308 e. The van der Waals surface area contributed by atoms with E-state index in [2.05, 4.69) is 6.58 Å². The first kappa shape index (κ1) is 15.4. The second-order valence-electron chi connectivity index (χ2n) is 3.82. The molecule has 0 aliphatic carbocycles. The van der Waals surface area contributed by atoms with Crippen LogP contribution in [0.5, 0.6) is 17.2 Å². The molecule has 106 valence electrons. The van der Waals surface area contributed by atoms with Crippen molar-refractivity contribution in [2.75, 3.05) is 0 Å². The molecule has 0 saturated heterocycles. The van der Waals surface area contributed by atoms with Gasteiger partial charge in [-0.3, -0.25) is 14.4 Å². The van der Waals surface area contributed by atoms with Crippen LogP contribution in [0.1, 0.15) is 26.3 Å². The lowest BCUT2D eigenvalue weighted by Gasteiger charge is -2.13. The minimum absolute atomic E-state index is 0.0856. The number of benzene rings is 1. The molecule has 0 radical (unpaired) electrons. The van der Waals surface area contributed by atoms with E-state index >= 15 is 0 Å². The molecule has 0 unspecified atom stereocenters. The smallest absolute Gasteiger partial charge is 0.308 e. The highest BCUT2D eigenvalue weighted by Gasteiger charge is 2.16. The Balaban J connectivity index is 3.37. The Morgan fingerprint density at radius 2 is 1.30 bits per heavy atom. The van der Waals surface area contributed by atoms with E-state index in [-0.39, 0.29) is 17.2 Å². The molecule has 0 N–H and O–H groups in total. The summed E-state index contributed by atoms with van der Waals surface area (Å²) in [6.07, 6.45) is 1.37. The first-order valence-corrected chi connectivity index (χ1v) is 5.69. The molecule has 0 aliphatic heterocycles. The molecule has 6 nitrogen and oxygen atoms in total. The van der Waals surface area contributed by atoms with Crippen molar-refractivity contribution < 1.29 is 28.6 Å². The van der Waals surface area contributed by atoms with Gasteiger partial charge in [0.05, 0.1) is 5.56 Å². The molecule has 1 aromatic carbocycles. The lowest BCUT2D eigenvalue weighted by Crippen LogP contribution is -2.08. The molecule has 0 heterocycles. The normalized spacial score (nSPS) is 9.55. The predicted octanol–water partition coefficient (Wildman–Crippen LogP) is 2.11. The Kier molecular flexibility index (Phi) is 5.02. The third kappa shape index (κ3) is 4.24. The van der Waals surface area contributed by atoms with E-state index in [1.807, 2.05) is 0 Å². The van der Waals surface area contributed by atoms with Crippen LogP contribution in [0.4, 0.5) is 0 Å². The molecule has 0 atom stereocenters. The van der Waals surface area contributed by atoms with Gasteiger partial charge >= 0.3 is 17.9 Å².